The normalized spacial score (nSPS) is 15.4. The largest absolute Gasteiger partial charge is 0.356 e. The van der Waals surface area contributed by atoms with Crippen molar-refractivity contribution in [3.05, 3.63) is 54.0 Å². The molecule has 27 heavy (non-hydrogen) atoms. The lowest BCUT2D eigenvalue weighted by molar-refractivity contribution is 0.0931. The number of anilines is 1. The van der Waals surface area contributed by atoms with Crippen LogP contribution in [0.5, 0.6) is 0 Å². The van der Waals surface area contributed by atoms with Crippen LogP contribution in [-0.2, 0) is 0 Å². The van der Waals surface area contributed by atoms with Crippen molar-refractivity contribution in [2.75, 3.05) is 18.0 Å². The fraction of sp³-hybridized carbons (Fsp3) is 0.381. The number of fused-ring (bicyclic) bond motifs is 1. The van der Waals surface area contributed by atoms with Gasteiger partial charge in [0, 0.05) is 30.9 Å². The maximum absolute atomic E-state index is 12.4. The van der Waals surface area contributed by atoms with Gasteiger partial charge in [-0.05, 0) is 36.5 Å². The van der Waals surface area contributed by atoms with Crippen molar-refractivity contribution in [3.8, 4) is 0 Å². The van der Waals surface area contributed by atoms with Crippen LogP contribution in [0.15, 0.2) is 42.9 Å². The average Bonchev–Trinajstić information content (AvgIpc) is 3.14. The Kier molecular flexibility index (Phi) is 4.79. The molecule has 2 aromatic heterocycles. The zero-order chi connectivity index (χ0) is 18.8. The van der Waals surface area contributed by atoms with E-state index in [0.717, 1.165) is 42.8 Å². The molecular formula is C21H25N5O. The molecule has 1 aliphatic rings. The second kappa shape index (κ2) is 7.39. The van der Waals surface area contributed by atoms with E-state index in [-0.39, 0.29) is 11.9 Å². The summed E-state index contributed by atoms with van der Waals surface area (Å²) >= 11 is 0. The Morgan fingerprint density at radius 2 is 1.93 bits per heavy atom. The fourth-order valence-electron chi connectivity index (χ4n) is 3.76. The second-order valence-corrected chi connectivity index (χ2v) is 7.42. The number of amides is 1. The molecule has 1 fully saturated rings. The van der Waals surface area contributed by atoms with Crippen LogP contribution >= 0.6 is 0 Å². The van der Waals surface area contributed by atoms with E-state index in [1.807, 2.05) is 36.5 Å². The van der Waals surface area contributed by atoms with Crippen LogP contribution in [0.25, 0.3) is 11.0 Å². The summed E-state index contributed by atoms with van der Waals surface area (Å²) < 4.78 is 0. The van der Waals surface area contributed by atoms with Crippen molar-refractivity contribution in [3.63, 3.8) is 0 Å². The van der Waals surface area contributed by atoms with Crippen molar-refractivity contribution in [2.45, 2.75) is 38.6 Å². The zero-order valence-corrected chi connectivity index (χ0v) is 15.8. The molecule has 0 unspecified atom stereocenters. The number of piperidine rings is 1. The summed E-state index contributed by atoms with van der Waals surface area (Å²) in [4.78, 5) is 26.9. The summed E-state index contributed by atoms with van der Waals surface area (Å²) in [7, 11) is 0. The van der Waals surface area contributed by atoms with E-state index in [0.29, 0.717) is 11.5 Å². The standard InChI is InChI=1S/C21H25N5O/c1-14(2)17-12-22-19-18(17)20(24-13-23-19)26-10-8-16(9-11-26)25-21(27)15-6-4-3-5-7-15/h3-7,12-14,16H,8-11H2,1-2H3,(H,25,27)(H,22,23,24). The second-order valence-electron chi connectivity index (χ2n) is 7.42. The molecule has 0 saturated carbocycles. The van der Waals surface area contributed by atoms with Crippen molar-refractivity contribution in [1.82, 2.24) is 20.3 Å². The van der Waals surface area contributed by atoms with Crippen LogP contribution in [0.3, 0.4) is 0 Å². The van der Waals surface area contributed by atoms with Crippen molar-refractivity contribution >= 4 is 22.8 Å². The maximum atomic E-state index is 12.4. The molecule has 1 aromatic carbocycles. The van der Waals surface area contributed by atoms with E-state index >= 15 is 0 Å². The highest BCUT2D eigenvalue weighted by atomic mass is 16.1. The number of H-pyrrole nitrogens is 1. The predicted molar refractivity (Wildman–Crippen MR) is 107 cm³/mol. The molecule has 3 heterocycles. The van der Waals surface area contributed by atoms with E-state index in [9.17, 15) is 4.79 Å². The lowest BCUT2D eigenvalue weighted by Gasteiger charge is -2.33. The van der Waals surface area contributed by atoms with Gasteiger partial charge in [0.1, 0.15) is 17.8 Å². The number of carbonyl (C=O) groups is 1. The third-order valence-corrected chi connectivity index (χ3v) is 5.27. The van der Waals surface area contributed by atoms with Crippen molar-refractivity contribution < 1.29 is 4.79 Å². The van der Waals surface area contributed by atoms with Gasteiger partial charge in [0.05, 0.1) is 5.39 Å². The number of aromatic amines is 1. The number of benzene rings is 1. The lowest BCUT2D eigenvalue weighted by atomic mass is 10.0. The third kappa shape index (κ3) is 3.52. The summed E-state index contributed by atoms with van der Waals surface area (Å²) in [6.45, 7) is 6.11. The average molecular weight is 363 g/mol. The van der Waals surface area contributed by atoms with Gasteiger partial charge < -0.3 is 15.2 Å². The van der Waals surface area contributed by atoms with Gasteiger partial charge >= 0.3 is 0 Å². The summed E-state index contributed by atoms with van der Waals surface area (Å²) in [6, 6.07) is 9.59. The minimum Gasteiger partial charge on any atom is -0.356 e. The third-order valence-electron chi connectivity index (χ3n) is 5.27. The van der Waals surface area contributed by atoms with Crippen LogP contribution in [0.4, 0.5) is 5.82 Å². The van der Waals surface area contributed by atoms with Crippen LogP contribution < -0.4 is 10.2 Å². The molecule has 0 spiro atoms. The first kappa shape index (κ1) is 17.5. The fourth-order valence-corrected chi connectivity index (χ4v) is 3.76. The Labute approximate surface area is 159 Å². The van der Waals surface area contributed by atoms with Gasteiger partial charge in [0.15, 0.2) is 0 Å². The Morgan fingerprint density at radius 3 is 2.63 bits per heavy atom. The first-order valence-corrected chi connectivity index (χ1v) is 9.56. The van der Waals surface area contributed by atoms with Gasteiger partial charge in [-0.25, -0.2) is 9.97 Å². The molecule has 6 heteroatoms. The van der Waals surface area contributed by atoms with Gasteiger partial charge in [-0.2, -0.15) is 0 Å². The maximum Gasteiger partial charge on any atom is 0.251 e. The first-order chi connectivity index (χ1) is 13.1. The van der Waals surface area contributed by atoms with E-state index in [2.05, 4.69) is 39.0 Å². The molecule has 0 aliphatic carbocycles. The van der Waals surface area contributed by atoms with Crippen molar-refractivity contribution in [1.29, 1.82) is 0 Å². The molecule has 4 rings (SSSR count). The number of aromatic nitrogens is 3. The van der Waals surface area contributed by atoms with Gasteiger partial charge in [0.2, 0.25) is 0 Å². The molecule has 0 bridgehead atoms. The number of carbonyl (C=O) groups excluding carboxylic acids is 1. The monoisotopic (exact) mass is 363 g/mol. The molecule has 140 valence electrons. The molecule has 1 amide bonds. The molecule has 1 aliphatic heterocycles. The highest BCUT2D eigenvalue weighted by molar-refractivity contribution is 5.94. The summed E-state index contributed by atoms with van der Waals surface area (Å²) in [5.74, 6) is 1.41. The number of nitrogens with zero attached hydrogens (tertiary/aromatic N) is 3. The summed E-state index contributed by atoms with van der Waals surface area (Å²) in [6.07, 6.45) is 5.49. The molecule has 2 N–H and O–H groups in total. The molecule has 3 aromatic rings. The van der Waals surface area contributed by atoms with E-state index in [4.69, 9.17) is 0 Å². The van der Waals surface area contributed by atoms with Gasteiger partial charge in [-0.1, -0.05) is 32.0 Å². The van der Waals surface area contributed by atoms with Gasteiger partial charge in [-0.15, -0.1) is 0 Å². The van der Waals surface area contributed by atoms with Crippen molar-refractivity contribution in [2.24, 2.45) is 0 Å². The number of rotatable bonds is 4. The molecule has 1 saturated heterocycles. The van der Waals surface area contributed by atoms with E-state index in [1.165, 1.54) is 5.56 Å². The van der Waals surface area contributed by atoms with Gasteiger partial charge in [-0.3, -0.25) is 4.79 Å². The van der Waals surface area contributed by atoms with Crippen LogP contribution in [0.1, 0.15) is 48.5 Å². The van der Waals surface area contributed by atoms with Crippen LogP contribution in [0.2, 0.25) is 0 Å². The Bertz CT molecular complexity index is 926. The Hall–Kier alpha value is -2.89. The summed E-state index contributed by atoms with van der Waals surface area (Å²) in [5.41, 5.74) is 2.86. The quantitative estimate of drug-likeness (QED) is 0.744. The molecule has 0 radical (unpaired) electrons. The van der Waals surface area contributed by atoms with E-state index in [1.54, 1.807) is 6.33 Å². The minimum absolute atomic E-state index is 0.00575. The SMILES string of the molecule is CC(C)c1c[nH]c2ncnc(N3CCC(NC(=O)c4ccccc4)CC3)c12. The summed E-state index contributed by atoms with van der Waals surface area (Å²) in [5, 5.41) is 4.29. The Morgan fingerprint density at radius 1 is 1.19 bits per heavy atom. The number of hydrogen-bond acceptors (Lipinski definition) is 4. The molecule has 0 atom stereocenters. The smallest absolute Gasteiger partial charge is 0.251 e. The van der Waals surface area contributed by atoms with Gasteiger partial charge in [0.25, 0.3) is 5.91 Å². The molecule has 6 nitrogen and oxygen atoms in total. The highest BCUT2D eigenvalue weighted by Gasteiger charge is 2.24. The highest BCUT2D eigenvalue weighted by Crippen LogP contribution is 2.32. The predicted octanol–water partition coefficient (Wildman–Crippen LogP) is 3.48. The van der Waals surface area contributed by atoms with E-state index < -0.39 is 0 Å². The molecular weight excluding hydrogens is 338 g/mol. The minimum atomic E-state index is 0.00575. The topological polar surface area (TPSA) is 73.9 Å². The number of hydrogen-bond donors (Lipinski definition) is 2. The zero-order valence-electron chi connectivity index (χ0n) is 15.8. The van der Waals surface area contributed by atoms with Crippen LogP contribution in [-0.4, -0.2) is 40.0 Å². The lowest BCUT2D eigenvalue weighted by Crippen LogP contribution is -2.45. The first-order valence-electron chi connectivity index (χ1n) is 9.56. The number of nitrogens with one attached hydrogen (secondary N) is 2. The Balaban J connectivity index is 1.46. The van der Waals surface area contributed by atoms with Crippen LogP contribution in [0, 0.1) is 0 Å².